The SMILES string of the molecule is O=C(O)c1cnc(NCCc2ccc(Cl)cc2)c(Cl)c1. The average molecular weight is 311 g/mol. The molecule has 0 spiro atoms. The van der Waals surface area contributed by atoms with E-state index in [1.165, 1.54) is 12.3 Å². The van der Waals surface area contributed by atoms with Gasteiger partial charge in [0.15, 0.2) is 0 Å². The molecule has 2 N–H and O–H groups in total. The maximum absolute atomic E-state index is 10.8. The van der Waals surface area contributed by atoms with Crippen LogP contribution in [-0.4, -0.2) is 22.6 Å². The fourth-order valence-electron chi connectivity index (χ4n) is 1.66. The lowest BCUT2D eigenvalue weighted by molar-refractivity contribution is 0.0696. The van der Waals surface area contributed by atoms with Gasteiger partial charge in [-0.15, -0.1) is 0 Å². The molecule has 0 fully saturated rings. The maximum atomic E-state index is 10.8. The highest BCUT2D eigenvalue weighted by atomic mass is 35.5. The van der Waals surface area contributed by atoms with Crippen molar-refractivity contribution in [3.63, 3.8) is 0 Å². The third-order valence-corrected chi connectivity index (χ3v) is 3.25. The number of hydrogen-bond donors (Lipinski definition) is 2. The first-order chi connectivity index (χ1) is 9.56. The van der Waals surface area contributed by atoms with Crippen molar-refractivity contribution < 1.29 is 9.90 Å². The highest BCUT2D eigenvalue weighted by Crippen LogP contribution is 2.20. The summed E-state index contributed by atoms with van der Waals surface area (Å²) in [5.41, 5.74) is 1.21. The van der Waals surface area contributed by atoms with Crippen molar-refractivity contribution in [2.75, 3.05) is 11.9 Å². The number of anilines is 1. The van der Waals surface area contributed by atoms with E-state index in [1.54, 1.807) is 0 Å². The van der Waals surface area contributed by atoms with Crippen molar-refractivity contribution >= 4 is 35.0 Å². The van der Waals surface area contributed by atoms with E-state index in [9.17, 15) is 4.79 Å². The third kappa shape index (κ3) is 3.85. The number of nitrogens with one attached hydrogen (secondary N) is 1. The summed E-state index contributed by atoms with van der Waals surface area (Å²) in [7, 11) is 0. The molecule has 1 aromatic heterocycles. The van der Waals surface area contributed by atoms with E-state index in [4.69, 9.17) is 28.3 Å². The van der Waals surface area contributed by atoms with E-state index in [0.29, 0.717) is 22.4 Å². The molecule has 6 heteroatoms. The summed E-state index contributed by atoms with van der Waals surface area (Å²) in [5.74, 6) is -0.572. The minimum Gasteiger partial charge on any atom is -0.478 e. The van der Waals surface area contributed by atoms with Gasteiger partial charge in [-0.25, -0.2) is 9.78 Å². The largest absolute Gasteiger partial charge is 0.478 e. The van der Waals surface area contributed by atoms with Crippen molar-refractivity contribution in [3.05, 3.63) is 57.7 Å². The Labute approximate surface area is 126 Å². The number of carboxylic acid groups (broad SMARTS) is 1. The molecule has 2 rings (SSSR count). The molecule has 0 aliphatic heterocycles. The molecule has 104 valence electrons. The lowest BCUT2D eigenvalue weighted by atomic mass is 10.1. The van der Waals surface area contributed by atoms with Crippen molar-refractivity contribution in [2.24, 2.45) is 0 Å². The summed E-state index contributed by atoms with van der Waals surface area (Å²) in [6.45, 7) is 0.640. The van der Waals surface area contributed by atoms with Gasteiger partial charge < -0.3 is 10.4 Å². The van der Waals surface area contributed by atoms with Crippen LogP contribution in [0.25, 0.3) is 0 Å². The van der Waals surface area contributed by atoms with E-state index in [-0.39, 0.29) is 5.56 Å². The number of carbonyl (C=O) groups is 1. The van der Waals surface area contributed by atoms with Gasteiger partial charge in [-0.05, 0) is 30.2 Å². The lowest BCUT2D eigenvalue weighted by Gasteiger charge is -2.08. The van der Waals surface area contributed by atoms with Gasteiger partial charge in [0.2, 0.25) is 0 Å². The fraction of sp³-hybridized carbons (Fsp3) is 0.143. The molecule has 0 saturated heterocycles. The van der Waals surface area contributed by atoms with Crippen molar-refractivity contribution in [2.45, 2.75) is 6.42 Å². The van der Waals surface area contributed by atoms with E-state index >= 15 is 0 Å². The van der Waals surface area contributed by atoms with Crippen LogP contribution >= 0.6 is 23.2 Å². The van der Waals surface area contributed by atoms with E-state index in [1.807, 2.05) is 24.3 Å². The Morgan fingerprint density at radius 3 is 2.55 bits per heavy atom. The van der Waals surface area contributed by atoms with Gasteiger partial charge >= 0.3 is 5.97 Å². The molecule has 0 atom stereocenters. The quantitative estimate of drug-likeness (QED) is 0.883. The maximum Gasteiger partial charge on any atom is 0.337 e. The average Bonchev–Trinajstić information content (AvgIpc) is 2.42. The number of rotatable bonds is 5. The summed E-state index contributed by atoms with van der Waals surface area (Å²) in [6, 6.07) is 8.95. The van der Waals surface area contributed by atoms with Crippen LogP contribution in [0.1, 0.15) is 15.9 Å². The molecule has 0 bridgehead atoms. The van der Waals surface area contributed by atoms with Crippen LogP contribution in [-0.2, 0) is 6.42 Å². The predicted molar refractivity (Wildman–Crippen MR) is 79.9 cm³/mol. The van der Waals surface area contributed by atoms with Crippen molar-refractivity contribution in [1.82, 2.24) is 4.98 Å². The minimum absolute atomic E-state index is 0.0678. The van der Waals surface area contributed by atoms with Gasteiger partial charge in [-0.3, -0.25) is 0 Å². The van der Waals surface area contributed by atoms with Crippen molar-refractivity contribution in [1.29, 1.82) is 0 Å². The van der Waals surface area contributed by atoms with Gasteiger partial charge in [0.1, 0.15) is 5.82 Å². The first kappa shape index (κ1) is 14.6. The predicted octanol–water partition coefficient (Wildman–Crippen LogP) is 3.74. The standard InChI is InChI=1S/C14H12Cl2N2O2/c15-11-3-1-9(2-4-11)5-6-17-13-12(16)7-10(8-18-13)14(19)20/h1-4,7-8H,5-6H2,(H,17,18)(H,19,20). The molecule has 1 aromatic carbocycles. The summed E-state index contributed by atoms with van der Waals surface area (Å²) < 4.78 is 0. The summed E-state index contributed by atoms with van der Waals surface area (Å²) in [4.78, 5) is 14.8. The second kappa shape index (κ2) is 6.59. The lowest BCUT2D eigenvalue weighted by Crippen LogP contribution is -2.08. The van der Waals surface area contributed by atoms with Gasteiger partial charge in [0, 0.05) is 17.8 Å². The Balaban J connectivity index is 1.94. The minimum atomic E-state index is -1.05. The van der Waals surface area contributed by atoms with E-state index < -0.39 is 5.97 Å². The Hall–Kier alpha value is -1.78. The van der Waals surface area contributed by atoms with Crippen LogP contribution in [0.15, 0.2) is 36.5 Å². The number of pyridine rings is 1. The number of aromatic nitrogens is 1. The van der Waals surface area contributed by atoms with E-state index in [2.05, 4.69) is 10.3 Å². The molecule has 0 saturated carbocycles. The summed E-state index contributed by atoms with van der Waals surface area (Å²) in [5, 5.41) is 12.9. The Morgan fingerprint density at radius 1 is 1.25 bits per heavy atom. The smallest absolute Gasteiger partial charge is 0.337 e. The summed E-state index contributed by atoms with van der Waals surface area (Å²) >= 11 is 11.8. The highest BCUT2D eigenvalue weighted by Gasteiger charge is 2.08. The van der Waals surface area contributed by atoms with Gasteiger partial charge in [-0.2, -0.15) is 0 Å². The number of nitrogens with zero attached hydrogens (tertiary/aromatic N) is 1. The number of aromatic carboxylic acids is 1. The van der Waals surface area contributed by atoms with Gasteiger partial charge in [0.25, 0.3) is 0 Å². The molecule has 0 radical (unpaired) electrons. The zero-order valence-electron chi connectivity index (χ0n) is 10.4. The molecule has 0 aliphatic rings. The molecule has 0 unspecified atom stereocenters. The van der Waals surface area contributed by atoms with Crippen LogP contribution in [0.2, 0.25) is 10.0 Å². The Bertz CT molecular complexity index is 615. The highest BCUT2D eigenvalue weighted by molar-refractivity contribution is 6.33. The number of halogens is 2. The number of hydrogen-bond acceptors (Lipinski definition) is 3. The van der Waals surface area contributed by atoms with E-state index in [0.717, 1.165) is 12.0 Å². The van der Waals surface area contributed by atoms with Crippen LogP contribution in [0.3, 0.4) is 0 Å². The first-order valence-corrected chi connectivity index (χ1v) is 6.69. The molecular formula is C14H12Cl2N2O2. The Morgan fingerprint density at radius 2 is 1.95 bits per heavy atom. The molecule has 4 nitrogen and oxygen atoms in total. The Kier molecular flexibility index (Phi) is 4.82. The second-order valence-electron chi connectivity index (χ2n) is 4.16. The molecule has 1 heterocycles. The topological polar surface area (TPSA) is 62.2 Å². The molecule has 20 heavy (non-hydrogen) atoms. The van der Waals surface area contributed by atoms with Gasteiger partial charge in [0.05, 0.1) is 10.6 Å². The van der Waals surface area contributed by atoms with Crippen LogP contribution < -0.4 is 5.32 Å². The first-order valence-electron chi connectivity index (χ1n) is 5.93. The third-order valence-electron chi connectivity index (χ3n) is 2.71. The summed E-state index contributed by atoms with van der Waals surface area (Å²) in [6.07, 6.45) is 2.06. The van der Waals surface area contributed by atoms with Crippen molar-refractivity contribution in [3.8, 4) is 0 Å². The molecular weight excluding hydrogens is 299 g/mol. The van der Waals surface area contributed by atoms with Crippen LogP contribution in [0.4, 0.5) is 5.82 Å². The second-order valence-corrected chi connectivity index (χ2v) is 5.01. The number of carboxylic acids is 1. The zero-order chi connectivity index (χ0) is 14.5. The molecule has 0 amide bonds. The molecule has 2 aromatic rings. The number of benzene rings is 1. The van der Waals surface area contributed by atoms with Crippen LogP contribution in [0.5, 0.6) is 0 Å². The zero-order valence-corrected chi connectivity index (χ0v) is 11.9. The van der Waals surface area contributed by atoms with Crippen LogP contribution in [0, 0.1) is 0 Å². The monoisotopic (exact) mass is 310 g/mol. The molecule has 0 aliphatic carbocycles. The van der Waals surface area contributed by atoms with Gasteiger partial charge in [-0.1, -0.05) is 35.3 Å². The fourth-order valence-corrected chi connectivity index (χ4v) is 2.02. The normalized spacial score (nSPS) is 10.3.